The van der Waals surface area contributed by atoms with Crippen LogP contribution in [-0.4, -0.2) is 9.97 Å². The molecule has 0 radical (unpaired) electrons. The summed E-state index contributed by atoms with van der Waals surface area (Å²) in [6.45, 7) is 13.0. The first-order valence-corrected chi connectivity index (χ1v) is 47.5. The van der Waals surface area contributed by atoms with Crippen molar-refractivity contribution in [2.75, 3.05) is 0 Å². The molecular weight excluding hydrogens is 1640 g/mol. The summed E-state index contributed by atoms with van der Waals surface area (Å²) in [5, 5.41) is 13.5. The first-order valence-electron chi connectivity index (χ1n) is 47.5. The summed E-state index contributed by atoms with van der Waals surface area (Å²) >= 11 is 0. The number of furan rings is 2. The second-order valence-corrected chi connectivity index (χ2v) is 38.7. The summed E-state index contributed by atoms with van der Waals surface area (Å²) in [5.74, 6) is 1.46. The molecule has 6 bridgehead atoms. The van der Waals surface area contributed by atoms with E-state index in [1.54, 1.807) is 6.20 Å². The van der Waals surface area contributed by atoms with Gasteiger partial charge in [-0.25, -0.2) is 19.1 Å². The molecule has 6 unspecified atom stereocenters. The van der Waals surface area contributed by atoms with Crippen molar-refractivity contribution in [3.05, 3.63) is 504 Å². The Kier molecular flexibility index (Phi) is 17.5. The molecule has 7 heterocycles. The quantitative estimate of drug-likeness (QED) is 0.156. The fraction of sp³-hybridized carbons (Fsp3) is 0.117. The lowest BCUT2D eigenvalue weighted by molar-refractivity contribution is -0.660. The number of hydrogen-bond donors (Lipinski definition) is 0. The molecule has 135 heavy (non-hydrogen) atoms. The van der Waals surface area contributed by atoms with Crippen molar-refractivity contribution in [3.63, 3.8) is 0 Å². The van der Waals surface area contributed by atoms with E-state index in [-0.39, 0.29) is 35.5 Å². The normalized spacial score (nSPS) is 16.2. The Morgan fingerprint density at radius 3 is 1.07 bits per heavy atom. The van der Waals surface area contributed by atoms with Crippen LogP contribution in [0.1, 0.15) is 169 Å². The number of aryl methyl sites for hydroxylation is 8. The third-order valence-electron chi connectivity index (χ3n) is 31.3. The maximum atomic E-state index is 6.48. The second-order valence-electron chi connectivity index (χ2n) is 38.7. The summed E-state index contributed by atoms with van der Waals surface area (Å²) in [4.78, 5) is 9.21. The van der Waals surface area contributed by atoms with E-state index in [0.29, 0.717) is 11.4 Å². The van der Waals surface area contributed by atoms with Gasteiger partial charge in [-0.1, -0.05) is 230 Å². The van der Waals surface area contributed by atoms with Crippen LogP contribution in [0.5, 0.6) is 0 Å². The first-order chi connectivity index (χ1) is 66.1. The van der Waals surface area contributed by atoms with Crippen LogP contribution in [0.3, 0.4) is 0 Å². The number of pyridine rings is 5. The van der Waals surface area contributed by atoms with Crippen molar-refractivity contribution in [2.45, 2.75) is 77.0 Å². The molecule has 0 fully saturated rings. The van der Waals surface area contributed by atoms with Crippen molar-refractivity contribution in [2.24, 2.45) is 21.1 Å². The third-order valence-corrected chi connectivity index (χ3v) is 31.3. The van der Waals surface area contributed by atoms with Gasteiger partial charge in [0.2, 0.25) is 34.0 Å². The average Bonchev–Trinajstić information content (AvgIpc) is 1.16. The zero-order valence-corrected chi connectivity index (χ0v) is 76.7. The van der Waals surface area contributed by atoms with Crippen LogP contribution in [0.25, 0.3) is 155 Å². The number of hydrogen-bond acceptors (Lipinski definition) is 4. The highest BCUT2D eigenvalue weighted by molar-refractivity contribution is 6.10. The van der Waals surface area contributed by atoms with E-state index in [1.165, 1.54) is 216 Å². The highest BCUT2D eigenvalue weighted by atomic mass is 16.3. The van der Waals surface area contributed by atoms with E-state index in [0.717, 1.165) is 60.9 Å². The van der Waals surface area contributed by atoms with Crippen LogP contribution < -0.4 is 13.7 Å². The summed E-state index contributed by atoms with van der Waals surface area (Å²) in [6, 6.07) is 132. The Morgan fingerprint density at radius 1 is 0.252 bits per heavy atom. The van der Waals surface area contributed by atoms with Crippen LogP contribution in [0.4, 0.5) is 0 Å². The van der Waals surface area contributed by atoms with Crippen molar-refractivity contribution in [1.29, 1.82) is 0 Å². The van der Waals surface area contributed by atoms with E-state index in [9.17, 15) is 0 Å². The van der Waals surface area contributed by atoms with Gasteiger partial charge < -0.3 is 8.83 Å². The maximum Gasteiger partial charge on any atom is 0.227 e. The summed E-state index contributed by atoms with van der Waals surface area (Å²) in [5.41, 5.74) is 52.3. The standard InChI is InChI=1S/C43H31N2O.C43H34N.C42H29N2O/c1-24-12-15-33-34-16-13-25(2)44-43(34)46-42(33)39(24)38-23-29(18-19-45(38)3)28-14-17-32-35(22-28)41-31-11-7-6-10-30(31)40(32)36-20-26-8-4-5-9-27(26)21-37(36)41;1-25-20-26(2)27(3)36(21-25)41-19-18-32-31(14-9-15-40(32)44(41)4)30-16-17-35-37(24-30)43-34-13-8-7-12-33(34)42(35)38-22-28-10-5-6-11-29(28)23-39(38)43;1-24-13-15-32-33-12-7-18-43-42(33)45-41(32)38(24)37-23-28(17-19-44(37)2)27-14-16-31-34(22-27)40-30-11-6-5-10-29(30)39(31)35-20-25-8-3-4-9-26(25)21-36(35)40/h4-23,40-41H,1-3H3;5-24,42-43H,1-4H3;3-23,39-40H,1-2H3/q3*+1. The minimum Gasteiger partial charge on any atom is -0.437 e. The molecule has 0 N–H and O–H groups in total. The van der Waals surface area contributed by atoms with E-state index >= 15 is 0 Å². The van der Waals surface area contributed by atoms with Crippen LogP contribution in [0, 0.1) is 41.5 Å². The van der Waals surface area contributed by atoms with Gasteiger partial charge in [-0.15, -0.1) is 0 Å². The molecule has 0 amide bonds. The Balaban J connectivity index is 0.000000103. The number of nitrogens with zero attached hydrogens (tertiary/aromatic N) is 5. The molecule has 32 rings (SSSR count). The van der Waals surface area contributed by atoms with Gasteiger partial charge in [-0.2, -0.15) is 4.57 Å². The molecular formula is C128H94N5O2+3. The largest absolute Gasteiger partial charge is 0.437 e. The zero-order chi connectivity index (χ0) is 90.2. The highest BCUT2D eigenvalue weighted by Crippen LogP contribution is 2.61. The number of rotatable bonds is 6. The Morgan fingerprint density at radius 2 is 0.622 bits per heavy atom. The van der Waals surface area contributed by atoms with E-state index in [2.05, 4.69) is 433 Å². The minimum absolute atomic E-state index is 0.220. The molecule has 7 nitrogen and oxygen atoms in total. The summed E-state index contributed by atoms with van der Waals surface area (Å²) in [7, 11) is 6.44. The van der Waals surface area contributed by atoms with Gasteiger partial charge in [0.05, 0.1) is 16.5 Å². The summed E-state index contributed by atoms with van der Waals surface area (Å²) in [6.07, 6.45) is 6.14. The monoisotopic (exact) mass is 1730 g/mol. The van der Waals surface area contributed by atoms with Crippen LogP contribution >= 0.6 is 0 Å². The van der Waals surface area contributed by atoms with Gasteiger partial charge in [0.1, 0.15) is 21.1 Å². The molecule has 0 saturated heterocycles. The van der Waals surface area contributed by atoms with E-state index in [4.69, 9.17) is 13.8 Å². The minimum atomic E-state index is 0.220. The fourth-order valence-electron chi connectivity index (χ4n) is 24.8. The molecule has 9 aliphatic carbocycles. The number of fused-ring (bicyclic) bond motifs is 10. The molecule has 640 valence electrons. The predicted molar refractivity (Wildman–Crippen MR) is 548 cm³/mol. The first kappa shape index (κ1) is 78.7. The molecule has 7 aromatic heterocycles. The van der Waals surface area contributed by atoms with Gasteiger partial charge in [0.15, 0.2) is 23.6 Å². The lowest BCUT2D eigenvalue weighted by atomic mass is 9.60. The fourth-order valence-corrected chi connectivity index (χ4v) is 24.8. The van der Waals surface area contributed by atoms with Crippen molar-refractivity contribution in [1.82, 2.24) is 9.97 Å². The van der Waals surface area contributed by atoms with Crippen molar-refractivity contribution in [3.8, 4) is 67.2 Å². The maximum absolute atomic E-state index is 6.48. The van der Waals surface area contributed by atoms with Crippen LogP contribution in [-0.2, 0) is 21.1 Å². The predicted octanol–water partition coefficient (Wildman–Crippen LogP) is 29.5. The van der Waals surface area contributed by atoms with Gasteiger partial charge in [0.25, 0.3) is 0 Å². The zero-order valence-electron chi connectivity index (χ0n) is 76.7. The van der Waals surface area contributed by atoms with Gasteiger partial charge >= 0.3 is 0 Å². The lowest BCUT2D eigenvalue weighted by Crippen LogP contribution is -2.32. The van der Waals surface area contributed by atoms with Crippen molar-refractivity contribution >= 4 is 87.4 Å². The Bertz CT molecular complexity index is 9130. The molecule has 16 aromatic carbocycles. The SMILES string of the molecule is Cc1cc(C)c(C)c(-c2ccc3c(-c4ccc5c(c4)C4c6ccccc6C5c5cc6ccccc6cc54)cccc3[n+]2C)c1.Cc1ccc2c(n1)oc1c(-c3cc(-c4ccc5c(c4)C4c6ccccc6C5c5cc6ccccc6cc54)cc[n+]3C)c(C)ccc12.Cc1ccc2c(oc3ncccc32)c1-c1cc(-c2ccc3c(c2)C2c4ccccc4C3c3cc4ccccc4cc32)cc[n+]1C. The summed E-state index contributed by atoms with van der Waals surface area (Å²) < 4.78 is 19.7. The lowest BCUT2D eigenvalue weighted by Gasteiger charge is -2.42. The Hall–Kier alpha value is -16.1. The molecule has 0 spiro atoms. The van der Waals surface area contributed by atoms with Crippen molar-refractivity contribution < 1.29 is 22.5 Å². The molecule has 6 atom stereocenters. The highest BCUT2D eigenvalue weighted by Gasteiger charge is 2.46. The molecule has 9 aliphatic rings. The third kappa shape index (κ3) is 12.0. The molecule has 0 saturated carbocycles. The molecule has 0 aliphatic heterocycles. The smallest absolute Gasteiger partial charge is 0.227 e. The van der Waals surface area contributed by atoms with Gasteiger partial charge in [-0.05, 0) is 321 Å². The topological polar surface area (TPSA) is 63.7 Å². The van der Waals surface area contributed by atoms with E-state index in [1.807, 2.05) is 13.0 Å². The molecule has 23 aromatic rings. The number of benzene rings is 16. The van der Waals surface area contributed by atoms with Crippen LogP contribution in [0.15, 0.2) is 379 Å². The number of aromatic nitrogens is 5. The van der Waals surface area contributed by atoms with Crippen LogP contribution in [0.2, 0.25) is 0 Å². The van der Waals surface area contributed by atoms with Gasteiger partial charge in [0, 0.05) is 111 Å². The Labute approximate surface area is 783 Å². The van der Waals surface area contributed by atoms with Gasteiger partial charge in [-0.3, -0.25) is 0 Å². The molecule has 7 heteroatoms. The van der Waals surface area contributed by atoms with E-state index < -0.39 is 0 Å². The second kappa shape index (κ2) is 30.0. The average molecular weight is 1730 g/mol.